The van der Waals surface area contributed by atoms with Gasteiger partial charge in [0.2, 0.25) is 5.91 Å². The number of unbranched alkanes of at least 4 members (excludes halogenated alkanes) is 2. The van der Waals surface area contributed by atoms with Crippen molar-refractivity contribution >= 4 is 11.9 Å². The topological polar surface area (TPSA) is 78.9 Å². The normalized spacial score (nSPS) is 26.1. The zero-order valence-corrected chi connectivity index (χ0v) is 21.6. The van der Waals surface area contributed by atoms with Gasteiger partial charge >= 0.3 is 5.97 Å². The smallest absolute Gasteiger partial charge is 0.302 e. The number of ether oxygens (including phenoxy) is 1. The molecule has 6 heteroatoms. The van der Waals surface area contributed by atoms with Crippen molar-refractivity contribution in [1.82, 2.24) is 10.2 Å². The summed E-state index contributed by atoms with van der Waals surface area (Å²) >= 11 is 0. The number of aryl methyl sites for hydroxylation is 1. The van der Waals surface area contributed by atoms with Gasteiger partial charge in [0.15, 0.2) is 0 Å². The minimum absolute atomic E-state index is 0.0683. The molecule has 1 aliphatic carbocycles. The highest BCUT2D eigenvalue weighted by atomic mass is 16.5. The Morgan fingerprint density at radius 3 is 2.67 bits per heavy atom. The van der Waals surface area contributed by atoms with Gasteiger partial charge in [-0.15, -0.1) is 0 Å². The van der Waals surface area contributed by atoms with Gasteiger partial charge < -0.3 is 20.1 Å². The first-order chi connectivity index (χ1) is 17.4. The van der Waals surface area contributed by atoms with E-state index in [9.17, 15) is 14.7 Å². The van der Waals surface area contributed by atoms with Crippen LogP contribution in [0.5, 0.6) is 5.75 Å². The molecule has 1 saturated carbocycles. The Bertz CT molecular complexity index is 1030. The maximum Gasteiger partial charge on any atom is 0.302 e. The van der Waals surface area contributed by atoms with E-state index in [1.807, 2.05) is 18.2 Å². The molecule has 1 aliphatic heterocycles. The number of hydrogen-bond acceptors (Lipinski definition) is 5. The maximum absolute atomic E-state index is 12.9. The number of esters is 1. The molecule has 1 unspecified atom stereocenters. The third-order valence-electron chi connectivity index (χ3n) is 8.05. The molecule has 0 spiro atoms. The number of likely N-dealkylation sites (tertiary alicyclic amines) is 1. The van der Waals surface area contributed by atoms with Crippen molar-refractivity contribution < 1.29 is 19.4 Å². The molecule has 4 rings (SSSR count). The minimum Gasteiger partial charge on any atom is -0.508 e. The van der Waals surface area contributed by atoms with Gasteiger partial charge in [0.1, 0.15) is 11.9 Å². The average molecular weight is 493 g/mol. The lowest BCUT2D eigenvalue weighted by Crippen LogP contribution is -2.61. The van der Waals surface area contributed by atoms with E-state index in [2.05, 4.69) is 47.6 Å². The Kier molecular flexibility index (Phi) is 8.68. The molecule has 1 heterocycles. The summed E-state index contributed by atoms with van der Waals surface area (Å²) in [5.41, 5.74) is 2.14. The Balaban J connectivity index is 1.42. The number of phenols is 1. The summed E-state index contributed by atoms with van der Waals surface area (Å²) in [6.07, 6.45) is 6.52. The van der Waals surface area contributed by atoms with Crippen LogP contribution in [0.2, 0.25) is 0 Å². The van der Waals surface area contributed by atoms with Gasteiger partial charge in [-0.25, -0.2) is 0 Å². The molecular weight excluding hydrogens is 452 g/mol. The third-order valence-corrected chi connectivity index (χ3v) is 8.05. The minimum atomic E-state index is -0.288. The second-order valence-electron chi connectivity index (χ2n) is 10.7. The number of aromatic hydroxyl groups is 1. The number of hydrogen-bond donors (Lipinski definition) is 2. The van der Waals surface area contributed by atoms with Crippen molar-refractivity contribution in [2.24, 2.45) is 5.92 Å². The maximum atomic E-state index is 12.9. The molecule has 2 aromatic rings. The summed E-state index contributed by atoms with van der Waals surface area (Å²) in [5, 5.41) is 13.5. The molecule has 2 aliphatic rings. The lowest BCUT2D eigenvalue weighted by Gasteiger charge is -2.55. The average Bonchev–Trinajstić information content (AvgIpc) is 2.84. The Hall–Kier alpha value is -2.86. The third kappa shape index (κ3) is 6.47. The number of rotatable bonds is 9. The molecule has 2 aromatic carbocycles. The van der Waals surface area contributed by atoms with Crippen molar-refractivity contribution in [2.75, 3.05) is 20.1 Å². The Morgan fingerprint density at radius 2 is 1.92 bits per heavy atom. The van der Waals surface area contributed by atoms with E-state index in [0.29, 0.717) is 12.8 Å². The van der Waals surface area contributed by atoms with Crippen LogP contribution in [-0.4, -0.2) is 54.2 Å². The first-order valence-electron chi connectivity index (χ1n) is 13.3. The van der Waals surface area contributed by atoms with Crippen LogP contribution in [0.4, 0.5) is 0 Å². The zero-order valence-electron chi connectivity index (χ0n) is 21.6. The van der Waals surface area contributed by atoms with Gasteiger partial charge in [-0.1, -0.05) is 48.9 Å². The van der Waals surface area contributed by atoms with Crippen molar-refractivity contribution in [3.8, 4) is 5.75 Å². The Labute approximate surface area is 215 Å². The highest BCUT2D eigenvalue weighted by Crippen LogP contribution is 2.50. The van der Waals surface area contributed by atoms with E-state index in [4.69, 9.17) is 4.74 Å². The molecular formula is C30H40N2O4. The summed E-state index contributed by atoms with van der Waals surface area (Å²) in [6, 6.07) is 17.9. The molecule has 1 amide bonds. The van der Waals surface area contributed by atoms with Gasteiger partial charge in [0, 0.05) is 43.7 Å². The molecule has 0 aromatic heterocycles. The summed E-state index contributed by atoms with van der Waals surface area (Å²) in [5.74, 6) is 0.125. The number of nitrogens with zero attached hydrogens (tertiary/aromatic N) is 1. The second kappa shape index (κ2) is 11.9. The molecule has 0 bridgehead atoms. The fraction of sp³-hybridized carbons (Fsp3) is 0.533. The number of carbonyl (C=O) groups is 2. The number of amides is 1. The molecule has 2 N–H and O–H groups in total. The van der Waals surface area contributed by atoms with Crippen molar-refractivity contribution in [3.05, 3.63) is 65.7 Å². The molecule has 0 radical (unpaired) electrons. The van der Waals surface area contributed by atoms with Crippen LogP contribution in [0, 0.1) is 5.92 Å². The lowest BCUT2D eigenvalue weighted by atomic mass is 9.57. The number of fused-ring (bicyclic) bond motifs is 1. The molecule has 4 atom stereocenters. The summed E-state index contributed by atoms with van der Waals surface area (Å²) in [6.45, 7) is 3.19. The lowest BCUT2D eigenvalue weighted by molar-refractivity contribution is -0.157. The van der Waals surface area contributed by atoms with Crippen molar-refractivity contribution in [2.45, 2.75) is 75.9 Å². The number of piperidine rings is 1. The second-order valence-corrected chi connectivity index (χ2v) is 10.7. The SMILES string of the molecule is CC(=O)OC1C[C@@H](NC(=O)CCCCCc2ccccc2)C[C@]2(c3cccc(O)c3)CCN(C)C[C@@H]12. The van der Waals surface area contributed by atoms with Crippen molar-refractivity contribution in [3.63, 3.8) is 0 Å². The van der Waals surface area contributed by atoms with Gasteiger partial charge in [0.05, 0.1) is 0 Å². The van der Waals surface area contributed by atoms with Gasteiger partial charge in [-0.3, -0.25) is 9.59 Å². The standard InChI is InChI=1S/C30H40N2O4/c1-22(33)36-28-19-25(31-29(35)15-8-4-7-12-23-10-5-3-6-11-23)20-30(16-17-32(2)21-27(28)30)24-13-9-14-26(34)18-24/h3,5-6,9-11,13-14,18,25,27-28,34H,4,7-8,12,15-17,19-21H2,1-2H3,(H,31,35)/t25-,27+,28?,30+/m1/s1. The van der Waals surface area contributed by atoms with Crippen LogP contribution in [0.15, 0.2) is 54.6 Å². The molecule has 1 saturated heterocycles. The van der Waals surface area contributed by atoms with Gasteiger partial charge in [-0.2, -0.15) is 0 Å². The van der Waals surface area contributed by atoms with E-state index in [-0.39, 0.29) is 41.1 Å². The van der Waals surface area contributed by atoms with Gasteiger partial charge in [0.25, 0.3) is 0 Å². The predicted octanol–water partition coefficient (Wildman–Crippen LogP) is 4.60. The molecule has 6 nitrogen and oxygen atoms in total. The van der Waals surface area contributed by atoms with Crippen LogP contribution >= 0.6 is 0 Å². The van der Waals surface area contributed by atoms with E-state index in [1.165, 1.54) is 12.5 Å². The van der Waals surface area contributed by atoms with Crippen LogP contribution < -0.4 is 5.32 Å². The molecule has 2 fully saturated rings. The van der Waals surface area contributed by atoms with E-state index in [1.54, 1.807) is 6.07 Å². The first-order valence-corrected chi connectivity index (χ1v) is 13.3. The van der Waals surface area contributed by atoms with Crippen LogP contribution in [-0.2, 0) is 26.2 Å². The van der Waals surface area contributed by atoms with Crippen molar-refractivity contribution in [1.29, 1.82) is 0 Å². The first kappa shape index (κ1) is 26.2. The highest BCUT2D eigenvalue weighted by Gasteiger charge is 2.53. The number of carbonyl (C=O) groups excluding carboxylic acids is 2. The largest absolute Gasteiger partial charge is 0.508 e. The van der Waals surface area contributed by atoms with E-state index < -0.39 is 0 Å². The fourth-order valence-corrected chi connectivity index (χ4v) is 6.35. The fourth-order valence-electron chi connectivity index (χ4n) is 6.35. The number of benzene rings is 2. The van der Waals surface area contributed by atoms with E-state index in [0.717, 1.165) is 57.2 Å². The van der Waals surface area contributed by atoms with Crippen LogP contribution in [0.1, 0.15) is 63.0 Å². The number of phenolic OH excluding ortho intramolecular Hbond substituents is 1. The number of nitrogens with one attached hydrogen (secondary N) is 1. The monoisotopic (exact) mass is 492 g/mol. The van der Waals surface area contributed by atoms with Crippen LogP contribution in [0.3, 0.4) is 0 Å². The summed E-state index contributed by atoms with van der Waals surface area (Å²) in [7, 11) is 2.10. The van der Waals surface area contributed by atoms with Gasteiger partial charge in [-0.05, 0) is 69.0 Å². The summed E-state index contributed by atoms with van der Waals surface area (Å²) in [4.78, 5) is 27.2. The predicted molar refractivity (Wildman–Crippen MR) is 141 cm³/mol. The van der Waals surface area contributed by atoms with E-state index >= 15 is 0 Å². The Morgan fingerprint density at radius 1 is 1.11 bits per heavy atom. The van der Waals surface area contributed by atoms with Crippen LogP contribution in [0.25, 0.3) is 0 Å². The molecule has 36 heavy (non-hydrogen) atoms. The molecule has 194 valence electrons. The summed E-state index contributed by atoms with van der Waals surface area (Å²) < 4.78 is 5.87. The zero-order chi connectivity index (χ0) is 25.5. The quantitative estimate of drug-likeness (QED) is 0.395. The highest BCUT2D eigenvalue weighted by molar-refractivity contribution is 5.76.